The molecule has 0 saturated carbocycles. The van der Waals surface area contributed by atoms with E-state index in [1.807, 2.05) is 26.0 Å². The highest BCUT2D eigenvalue weighted by Gasteiger charge is 2.16. The number of hydrogen-bond donors (Lipinski definition) is 1. The number of aryl methyl sites for hydroxylation is 1. The minimum Gasteiger partial charge on any atom is -0.493 e. The summed E-state index contributed by atoms with van der Waals surface area (Å²) in [6.45, 7) is 4.14. The van der Waals surface area contributed by atoms with E-state index in [4.69, 9.17) is 18.9 Å². The molecule has 0 radical (unpaired) electrons. The van der Waals surface area contributed by atoms with Gasteiger partial charge in [-0.2, -0.15) is 5.10 Å². The number of benzene rings is 3. The number of amides is 1. The van der Waals surface area contributed by atoms with Crippen LogP contribution in [0, 0.1) is 6.92 Å². The van der Waals surface area contributed by atoms with Crippen LogP contribution in [0.25, 0.3) is 0 Å². The van der Waals surface area contributed by atoms with Crippen molar-refractivity contribution in [2.24, 2.45) is 5.10 Å². The minimum atomic E-state index is -0.575. The lowest BCUT2D eigenvalue weighted by atomic mass is 10.1. The van der Waals surface area contributed by atoms with Gasteiger partial charge in [0, 0.05) is 5.56 Å². The van der Waals surface area contributed by atoms with Gasteiger partial charge in [-0.15, -0.1) is 0 Å². The van der Waals surface area contributed by atoms with E-state index >= 15 is 0 Å². The number of hydrazone groups is 1. The zero-order valence-electron chi connectivity index (χ0n) is 19.5. The summed E-state index contributed by atoms with van der Waals surface area (Å²) in [6, 6.07) is 16.9. The van der Waals surface area contributed by atoms with Crippen LogP contribution in [0.4, 0.5) is 0 Å². The summed E-state index contributed by atoms with van der Waals surface area (Å²) in [5.74, 6) is 0.649. The van der Waals surface area contributed by atoms with Crippen LogP contribution in [-0.2, 0) is 0 Å². The SMILES string of the molecule is CCOc1cc(C=NNC(=O)c2ccc(C)cc2)ccc1OC(=O)c1ccc(OC)c(OC)c1. The summed E-state index contributed by atoms with van der Waals surface area (Å²) in [7, 11) is 3.01. The molecule has 8 heteroatoms. The highest BCUT2D eigenvalue weighted by molar-refractivity contribution is 5.95. The fourth-order valence-electron chi connectivity index (χ4n) is 3.01. The maximum Gasteiger partial charge on any atom is 0.343 e. The van der Waals surface area contributed by atoms with Crippen LogP contribution >= 0.6 is 0 Å². The third-order valence-electron chi connectivity index (χ3n) is 4.78. The number of nitrogens with one attached hydrogen (secondary N) is 1. The van der Waals surface area contributed by atoms with Crippen LogP contribution < -0.4 is 24.4 Å². The van der Waals surface area contributed by atoms with E-state index in [-0.39, 0.29) is 11.7 Å². The largest absolute Gasteiger partial charge is 0.493 e. The molecule has 0 heterocycles. The number of hydrogen-bond acceptors (Lipinski definition) is 7. The van der Waals surface area contributed by atoms with Gasteiger partial charge in [0.15, 0.2) is 23.0 Å². The molecule has 3 aromatic carbocycles. The first-order valence-electron chi connectivity index (χ1n) is 10.6. The van der Waals surface area contributed by atoms with Gasteiger partial charge >= 0.3 is 5.97 Å². The van der Waals surface area contributed by atoms with Crippen molar-refractivity contribution in [3.05, 3.63) is 82.9 Å². The molecule has 8 nitrogen and oxygen atoms in total. The van der Waals surface area contributed by atoms with Gasteiger partial charge in [-0.05, 0) is 67.9 Å². The van der Waals surface area contributed by atoms with Crippen molar-refractivity contribution >= 4 is 18.1 Å². The quantitative estimate of drug-likeness (QED) is 0.219. The lowest BCUT2D eigenvalue weighted by molar-refractivity contribution is 0.0727. The summed E-state index contributed by atoms with van der Waals surface area (Å²) in [5, 5.41) is 4.00. The topological polar surface area (TPSA) is 95.5 Å². The Hall–Kier alpha value is -4.33. The Kier molecular flexibility index (Phi) is 8.23. The lowest BCUT2D eigenvalue weighted by Crippen LogP contribution is -2.17. The van der Waals surface area contributed by atoms with Gasteiger partial charge in [-0.1, -0.05) is 17.7 Å². The van der Waals surface area contributed by atoms with E-state index < -0.39 is 5.97 Å². The highest BCUT2D eigenvalue weighted by atomic mass is 16.6. The fraction of sp³-hybridized carbons (Fsp3) is 0.192. The molecule has 0 bridgehead atoms. The number of esters is 1. The van der Waals surface area contributed by atoms with Crippen molar-refractivity contribution in [3.8, 4) is 23.0 Å². The van der Waals surface area contributed by atoms with Crippen LogP contribution in [-0.4, -0.2) is 38.9 Å². The van der Waals surface area contributed by atoms with Crippen molar-refractivity contribution in [3.63, 3.8) is 0 Å². The Morgan fingerprint density at radius 2 is 1.53 bits per heavy atom. The van der Waals surface area contributed by atoms with Crippen molar-refractivity contribution in [2.75, 3.05) is 20.8 Å². The average molecular weight is 463 g/mol. The first-order chi connectivity index (χ1) is 16.4. The van der Waals surface area contributed by atoms with E-state index in [0.29, 0.717) is 40.5 Å². The Balaban J connectivity index is 1.72. The third kappa shape index (κ3) is 6.13. The van der Waals surface area contributed by atoms with Gasteiger partial charge in [0.25, 0.3) is 5.91 Å². The normalized spacial score (nSPS) is 10.6. The molecular weight excluding hydrogens is 436 g/mol. The molecule has 0 saturated heterocycles. The monoisotopic (exact) mass is 462 g/mol. The fourth-order valence-corrected chi connectivity index (χ4v) is 3.01. The molecular formula is C26H26N2O6. The zero-order chi connectivity index (χ0) is 24.5. The number of rotatable bonds is 9. The van der Waals surface area contributed by atoms with Crippen LogP contribution in [0.15, 0.2) is 65.8 Å². The molecule has 0 aliphatic rings. The van der Waals surface area contributed by atoms with Gasteiger partial charge in [0.2, 0.25) is 0 Å². The molecule has 0 fully saturated rings. The van der Waals surface area contributed by atoms with Gasteiger partial charge in [-0.25, -0.2) is 10.2 Å². The molecule has 34 heavy (non-hydrogen) atoms. The first-order valence-corrected chi connectivity index (χ1v) is 10.6. The van der Waals surface area contributed by atoms with E-state index in [1.165, 1.54) is 20.4 Å². The van der Waals surface area contributed by atoms with Gasteiger partial charge < -0.3 is 18.9 Å². The van der Waals surface area contributed by atoms with Crippen LogP contribution in [0.2, 0.25) is 0 Å². The maximum atomic E-state index is 12.7. The minimum absolute atomic E-state index is 0.252. The molecule has 0 aliphatic heterocycles. The second-order valence-corrected chi connectivity index (χ2v) is 7.16. The first kappa shape index (κ1) is 24.3. The molecule has 1 amide bonds. The molecule has 1 N–H and O–H groups in total. The Labute approximate surface area is 198 Å². The van der Waals surface area contributed by atoms with Crippen molar-refractivity contribution < 1.29 is 28.5 Å². The number of nitrogens with zero attached hydrogens (tertiary/aromatic N) is 1. The van der Waals surface area contributed by atoms with Gasteiger partial charge in [-0.3, -0.25) is 4.79 Å². The summed E-state index contributed by atoms with van der Waals surface area (Å²) in [5.41, 5.74) is 5.01. The highest BCUT2D eigenvalue weighted by Crippen LogP contribution is 2.31. The molecule has 0 atom stereocenters. The van der Waals surface area contributed by atoms with Gasteiger partial charge in [0.1, 0.15) is 0 Å². The Morgan fingerprint density at radius 3 is 2.21 bits per heavy atom. The van der Waals surface area contributed by atoms with Crippen LogP contribution in [0.5, 0.6) is 23.0 Å². The Morgan fingerprint density at radius 1 is 0.853 bits per heavy atom. The van der Waals surface area contributed by atoms with E-state index in [0.717, 1.165) is 5.56 Å². The van der Waals surface area contributed by atoms with E-state index in [9.17, 15) is 9.59 Å². The summed E-state index contributed by atoms with van der Waals surface area (Å²) in [4.78, 5) is 24.9. The number of methoxy groups -OCH3 is 2. The summed E-state index contributed by atoms with van der Waals surface area (Å²) >= 11 is 0. The van der Waals surface area contributed by atoms with E-state index in [1.54, 1.807) is 48.5 Å². The second-order valence-electron chi connectivity index (χ2n) is 7.16. The molecule has 0 unspecified atom stereocenters. The molecule has 176 valence electrons. The molecule has 3 aromatic rings. The van der Waals surface area contributed by atoms with Gasteiger partial charge in [0.05, 0.1) is 32.6 Å². The summed E-state index contributed by atoms with van der Waals surface area (Å²) < 4.78 is 21.6. The second kappa shape index (κ2) is 11.5. The smallest absolute Gasteiger partial charge is 0.343 e. The maximum absolute atomic E-state index is 12.7. The molecule has 3 rings (SSSR count). The van der Waals surface area contributed by atoms with Crippen molar-refractivity contribution in [1.82, 2.24) is 5.43 Å². The predicted octanol–water partition coefficient (Wildman–Crippen LogP) is 4.39. The zero-order valence-corrected chi connectivity index (χ0v) is 19.5. The predicted molar refractivity (Wildman–Crippen MR) is 128 cm³/mol. The van der Waals surface area contributed by atoms with E-state index in [2.05, 4.69) is 10.5 Å². The third-order valence-corrected chi connectivity index (χ3v) is 4.78. The Bertz CT molecular complexity index is 1190. The number of carbonyl (C=O) groups excluding carboxylic acids is 2. The average Bonchev–Trinajstić information content (AvgIpc) is 2.85. The number of ether oxygens (including phenoxy) is 4. The van der Waals surface area contributed by atoms with Crippen molar-refractivity contribution in [2.45, 2.75) is 13.8 Å². The lowest BCUT2D eigenvalue weighted by Gasteiger charge is -2.12. The molecule has 0 spiro atoms. The molecule has 0 aromatic heterocycles. The standard InChI is InChI=1S/C26H26N2O6/c1-5-33-24-14-18(16-27-28-25(29)19-9-6-17(2)7-10-19)8-12-22(24)34-26(30)20-11-13-21(31-3)23(15-20)32-4/h6-16H,5H2,1-4H3,(H,28,29). The summed E-state index contributed by atoms with van der Waals surface area (Å²) in [6.07, 6.45) is 1.48. The van der Waals surface area contributed by atoms with Crippen LogP contribution in [0.1, 0.15) is 38.8 Å². The molecule has 0 aliphatic carbocycles. The van der Waals surface area contributed by atoms with Crippen molar-refractivity contribution in [1.29, 1.82) is 0 Å². The van der Waals surface area contributed by atoms with Crippen LogP contribution in [0.3, 0.4) is 0 Å². The number of carbonyl (C=O) groups is 2.